The zero-order valence-corrected chi connectivity index (χ0v) is 17.2. The Morgan fingerprint density at radius 2 is 1.61 bits per heavy atom. The molecule has 0 spiro atoms. The molecule has 0 radical (unpaired) electrons. The van der Waals surface area contributed by atoms with Crippen molar-refractivity contribution in [1.82, 2.24) is 20.2 Å². The van der Waals surface area contributed by atoms with Crippen molar-refractivity contribution in [2.75, 3.05) is 11.1 Å². The van der Waals surface area contributed by atoms with Gasteiger partial charge in [-0.25, -0.2) is 4.39 Å². The average Bonchev–Trinajstić information content (AvgIpc) is 3.27. The SMILES string of the molecule is O=C(CSc1nnnn1-c1ccc(F)cc1)Nc1ccc(/C=C/c2ccccc2)cc1. The van der Waals surface area contributed by atoms with Crippen molar-refractivity contribution >= 4 is 35.5 Å². The highest BCUT2D eigenvalue weighted by Gasteiger charge is 2.12. The van der Waals surface area contributed by atoms with Crippen LogP contribution in [-0.4, -0.2) is 31.9 Å². The van der Waals surface area contributed by atoms with Crippen LogP contribution in [0.15, 0.2) is 84.0 Å². The molecule has 154 valence electrons. The number of halogens is 1. The summed E-state index contributed by atoms with van der Waals surface area (Å²) in [5.41, 5.74) is 3.49. The number of amides is 1. The van der Waals surface area contributed by atoms with Gasteiger partial charge in [-0.1, -0.05) is 66.4 Å². The molecule has 0 unspecified atom stereocenters. The number of tetrazole rings is 1. The Kier molecular flexibility index (Phi) is 6.49. The molecule has 3 aromatic carbocycles. The number of carbonyl (C=O) groups excluding carboxylic acids is 1. The summed E-state index contributed by atoms with van der Waals surface area (Å²) in [5, 5.41) is 14.8. The highest BCUT2D eigenvalue weighted by Crippen LogP contribution is 2.19. The largest absolute Gasteiger partial charge is 0.325 e. The first-order valence-corrected chi connectivity index (χ1v) is 10.5. The summed E-state index contributed by atoms with van der Waals surface area (Å²) in [6.07, 6.45) is 4.06. The van der Waals surface area contributed by atoms with Gasteiger partial charge in [0.15, 0.2) is 0 Å². The lowest BCUT2D eigenvalue weighted by Crippen LogP contribution is -2.14. The minimum Gasteiger partial charge on any atom is -0.325 e. The van der Waals surface area contributed by atoms with Gasteiger partial charge in [0.2, 0.25) is 11.1 Å². The van der Waals surface area contributed by atoms with E-state index in [-0.39, 0.29) is 17.5 Å². The zero-order valence-electron chi connectivity index (χ0n) is 16.4. The number of carbonyl (C=O) groups is 1. The topological polar surface area (TPSA) is 72.7 Å². The lowest BCUT2D eigenvalue weighted by molar-refractivity contribution is -0.113. The maximum absolute atomic E-state index is 13.1. The summed E-state index contributed by atoms with van der Waals surface area (Å²) < 4.78 is 14.6. The van der Waals surface area contributed by atoms with Crippen LogP contribution in [0.3, 0.4) is 0 Å². The second-order valence-electron chi connectivity index (χ2n) is 6.55. The molecule has 0 aliphatic rings. The van der Waals surface area contributed by atoms with Crippen LogP contribution in [0.5, 0.6) is 0 Å². The highest BCUT2D eigenvalue weighted by atomic mass is 32.2. The Labute approximate surface area is 182 Å². The first-order chi connectivity index (χ1) is 15.2. The summed E-state index contributed by atoms with van der Waals surface area (Å²) in [5.74, 6) is -0.379. The normalized spacial score (nSPS) is 11.0. The third-order valence-electron chi connectivity index (χ3n) is 4.31. The summed E-state index contributed by atoms with van der Waals surface area (Å²) in [7, 11) is 0. The molecule has 0 atom stereocenters. The fraction of sp³-hybridized carbons (Fsp3) is 0.0435. The van der Waals surface area contributed by atoms with E-state index in [1.54, 1.807) is 12.1 Å². The number of hydrogen-bond donors (Lipinski definition) is 1. The van der Waals surface area contributed by atoms with Gasteiger partial charge in [-0.15, -0.1) is 5.10 Å². The first kappa shape index (κ1) is 20.5. The molecular formula is C23H18FN5OS. The Morgan fingerprint density at radius 3 is 2.32 bits per heavy atom. The van der Waals surface area contributed by atoms with Crippen molar-refractivity contribution in [1.29, 1.82) is 0 Å². The number of nitrogens with zero attached hydrogens (tertiary/aromatic N) is 4. The first-order valence-electron chi connectivity index (χ1n) is 9.47. The van der Waals surface area contributed by atoms with Gasteiger partial charge < -0.3 is 5.32 Å². The van der Waals surface area contributed by atoms with Crippen LogP contribution in [0.25, 0.3) is 17.8 Å². The summed E-state index contributed by atoms with van der Waals surface area (Å²) in [6, 6.07) is 23.4. The Balaban J connectivity index is 1.32. The summed E-state index contributed by atoms with van der Waals surface area (Å²) in [6.45, 7) is 0. The van der Waals surface area contributed by atoms with E-state index < -0.39 is 0 Å². The highest BCUT2D eigenvalue weighted by molar-refractivity contribution is 7.99. The van der Waals surface area contributed by atoms with E-state index in [0.29, 0.717) is 16.5 Å². The number of rotatable bonds is 7. The molecule has 1 aromatic heterocycles. The molecule has 4 aromatic rings. The van der Waals surface area contributed by atoms with Gasteiger partial charge in [-0.2, -0.15) is 4.68 Å². The molecule has 6 nitrogen and oxygen atoms in total. The van der Waals surface area contributed by atoms with Crippen LogP contribution < -0.4 is 5.32 Å². The van der Waals surface area contributed by atoms with Gasteiger partial charge in [0.1, 0.15) is 5.82 Å². The van der Waals surface area contributed by atoms with Crippen LogP contribution in [0, 0.1) is 5.82 Å². The minimum atomic E-state index is -0.341. The standard InChI is InChI=1S/C23H18FN5OS/c24-19-10-14-21(15-11-19)29-23(26-27-28-29)31-16-22(30)25-20-12-8-18(9-13-20)7-6-17-4-2-1-3-5-17/h1-15H,16H2,(H,25,30)/b7-6+. The second kappa shape index (κ2) is 9.82. The van der Waals surface area contributed by atoms with Gasteiger partial charge >= 0.3 is 0 Å². The molecule has 0 saturated carbocycles. The van der Waals surface area contributed by atoms with Gasteiger partial charge in [-0.3, -0.25) is 4.79 Å². The molecule has 0 bridgehead atoms. The van der Waals surface area contributed by atoms with Gasteiger partial charge in [0.25, 0.3) is 0 Å². The van der Waals surface area contributed by atoms with Crippen LogP contribution in [0.1, 0.15) is 11.1 Å². The Hall–Kier alpha value is -3.78. The second-order valence-corrected chi connectivity index (χ2v) is 7.50. The molecule has 1 heterocycles. The van der Waals surface area contributed by atoms with Crippen molar-refractivity contribution in [3.05, 3.63) is 95.8 Å². The monoisotopic (exact) mass is 431 g/mol. The number of aromatic nitrogens is 4. The quantitative estimate of drug-likeness (QED) is 0.339. The molecule has 1 amide bonds. The molecule has 1 N–H and O–H groups in total. The van der Waals surface area contributed by atoms with E-state index in [1.165, 1.54) is 28.6 Å². The third kappa shape index (κ3) is 5.64. The van der Waals surface area contributed by atoms with E-state index in [9.17, 15) is 9.18 Å². The fourth-order valence-corrected chi connectivity index (χ4v) is 3.47. The van der Waals surface area contributed by atoms with Crippen molar-refractivity contribution in [3.63, 3.8) is 0 Å². The summed E-state index contributed by atoms with van der Waals surface area (Å²) >= 11 is 1.20. The number of anilines is 1. The van der Waals surface area contributed by atoms with E-state index >= 15 is 0 Å². The van der Waals surface area contributed by atoms with Crippen molar-refractivity contribution < 1.29 is 9.18 Å². The number of benzene rings is 3. The van der Waals surface area contributed by atoms with Crippen LogP contribution in [0.4, 0.5) is 10.1 Å². The molecule has 4 rings (SSSR count). The maximum Gasteiger partial charge on any atom is 0.234 e. The smallest absolute Gasteiger partial charge is 0.234 e. The molecule has 0 aliphatic carbocycles. The molecule has 0 fully saturated rings. The van der Waals surface area contributed by atoms with E-state index in [4.69, 9.17) is 0 Å². The third-order valence-corrected chi connectivity index (χ3v) is 5.23. The Bertz CT molecular complexity index is 1170. The van der Waals surface area contributed by atoms with Crippen molar-refractivity contribution in [2.24, 2.45) is 0 Å². The lowest BCUT2D eigenvalue weighted by atomic mass is 10.1. The zero-order chi connectivity index (χ0) is 21.5. The van der Waals surface area contributed by atoms with E-state index in [1.807, 2.05) is 66.7 Å². The van der Waals surface area contributed by atoms with Crippen molar-refractivity contribution in [3.8, 4) is 5.69 Å². The number of thioether (sulfide) groups is 1. The molecular weight excluding hydrogens is 413 g/mol. The van der Waals surface area contributed by atoms with E-state index in [2.05, 4.69) is 20.8 Å². The molecule has 8 heteroatoms. The van der Waals surface area contributed by atoms with Gasteiger partial charge in [0, 0.05) is 5.69 Å². The molecule has 0 aliphatic heterocycles. The molecule has 31 heavy (non-hydrogen) atoms. The van der Waals surface area contributed by atoms with Crippen LogP contribution in [0.2, 0.25) is 0 Å². The predicted octanol–water partition coefficient (Wildman–Crippen LogP) is 4.70. The van der Waals surface area contributed by atoms with Crippen molar-refractivity contribution in [2.45, 2.75) is 5.16 Å². The maximum atomic E-state index is 13.1. The molecule has 0 saturated heterocycles. The Morgan fingerprint density at radius 1 is 0.935 bits per heavy atom. The van der Waals surface area contributed by atoms with Crippen LogP contribution in [-0.2, 0) is 4.79 Å². The summed E-state index contributed by atoms with van der Waals surface area (Å²) in [4.78, 5) is 12.3. The van der Waals surface area contributed by atoms with E-state index in [0.717, 1.165) is 11.1 Å². The van der Waals surface area contributed by atoms with Gasteiger partial charge in [0.05, 0.1) is 11.4 Å². The lowest BCUT2D eigenvalue weighted by Gasteiger charge is -2.06. The fourth-order valence-electron chi connectivity index (χ4n) is 2.77. The predicted molar refractivity (Wildman–Crippen MR) is 120 cm³/mol. The number of hydrogen-bond acceptors (Lipinski definition) is 5. The number of nitrogens with one attached hydrogen (secondary N) is 1. The van der Waals surface area contributed by atoms with Crippen LogP contribution >= 0.6 is 11.8 Å². The average molecular weight is 431 g/mol. The minimum absolute atomic E-state index is 0.136. The van der Waals surface area contributed by atoms with Gasteiger partial charge in [-0.05, 0) is 58.0 Å².